The molecule has 100 valence electrons. The van der Waals surface area contributed by atoms with Gasteiger partial charge in [0.2, 0.25) is 0 Å². The van der Waals surface area contributed by atoms with Crippen molar-refractivity contribution in [1.29, 1.82) is 0 Å². The molecule has 1 aliphatic heterocycles. The summed E-state index contributed by atoms with van der Waals surface area (Å²) in [7, 11) is 0. The van der Waals surface area contributed by atoms with Gasteiger partial charge in [-0.25, -0.2) is 0 Å². The molecule has 0 amide bonds. The first-order chi connectivity index (χ1) is 8.17. The first-order valence-corrected chi connectivity index (χ1v) is 28.3. The summed E-state index contributed by atoms with van der Waals surface area (Å²) in [6.45, 7) is 0. The van der Waals surface area contributed by atoms with Crippen LogP contribution in [-0.2, 0) is 2.76 Å². The van der Waals surface area contributed by atoms with Gasteiger partial charge in [-0.3, -0.25) is 0 Å². The van der Waals surface area contributed by atoms with Crippen molar-refractivity contribution in [2.45, 2.75) is 38.8 Å². The predicted octanol–water partition coefficient (Wildman–Crippen LogP) is 5.02. The van der Waals surface area contributed by atoms with Gasteiger partial charge in [-0.2, -0.15) is 0 Å². The third-order valence-corrected chi connectivity index (χ3v) is 29.6. The zero-order valence-electron chi connectivity index (χ0n) is 12.3. The average molecular weight is 494 g/mol. The maximum absolute atomic E-state index is 2.59. The molecule has 0 radical (unpaired) electrons. The second-order valence-corrected chi connectivity index (χ2v) is 41.2. The molecule has 0 N–H and O–H groups in total. The monoisotopic (exact) mass is 496 g/mol. The van der Waals surface area contributed by atoms with Gasteiger partial charge in [-0.05, 0) is 0 Å². The van der Waals surface area contributed by atoms with Crippen LogP contribution in [0.15, 0.2) is 23.6 Å². The average Bonchev–Trinajstić information content (AvgIpc) is 2.85. The zero-order valence-corrected chi connectivity index (χ0v) is 19.7. The molecule has 1 unspecified atom stereocenters. The summed E-state index contributed by atoms with van der Waals surface area (Å²) in [6.07, 6.45) is 3.67. The van der Waals surface area contributed by atoms with E-state index >= 15 is 0 Å². The minimum atomic E-state index is -2.01. The number of thiophene rings is 1. The van der Waals surface area contributed by atoms with Gasteiger partial charge in [0.25, 0.3) is 0 Å². The fourth-order valence-electron chi connectivity index (χ4n) is 2.40. The second-order valence-electron chi connectivity index (χ2n) is 7.18. The third-order valence-electron chi connectivity index (χ3n) is 3.73. The van der Waals surface area contributed by atoms with Crippen LogP contribution in [0, 0.1) is 0 Å². The summed E-state index contributed by atoms with van der Waals surface area (Å²) in [5.41, 5.74) is 0. The Bertz CT molecular complexity index is 453. The molecule has 2 heterocycles. The topological polar surface area (TPSA) is 0 Å². The molecule has 0 aliphatic carbocycles. The molecule has 0 nitrogen and oxygen atoms in total. The quantitative estimate of drug-likeness (QED) is 0.533. The van der Waals surface area contributed by atoms with Gasteiger partial charge >= 0.3 is 130 Å². The first-order valence-electron chi connectivity index (χ1n) is 6.60. The van der Waals surface area contributed by atoms with Crippen LogP contribution in [0.4, 0.5) is 0 Å². The standard InChI is InChI=1S/C8H6S2.6CH3.2Sn/c1-3-7(9-5-1)8-4-2-6-10-8;;;;;;;;/h1-3,6H,4H2;6*1H3;;. The Kier molecular flexibility index (Phi) is 4.64. The summed E-state index contributed by atoms with van der Waals surface area (Å²) in [5, 5.41) is 2.35. The molecule has 0 fully saturated rings. The van der Waals surface area contributed by atoms with Crippen molar-refractivity contribution in [3.63, 3.8) is 0 Å². The third kappa shape index (κ3) is 2.86. The van der Waals surface area contributed by atoms with Gasteiger partial charge in [0.05, 0.1) is 0 Å². The van der Waals surface area contributed by atoms with Crippen LogP contribution in [0.2, 0.25) is 29.6 Å². The van der Waals surface area contributed by atoms with Crippen LogP contribution in [0.3, 0.4) is 0 Å². The SMILES string of the molecule is [CH3][Sn]([CH3])([CH3])[c]1ccc([C]2([Sn]([CH3])([CH3])[CH3])CC=CS2)s1. The van der Waals surface area contributed by atoms with E-state index in [4.69, 9.17) is 0 Å². The van der Waals surface area contributed by atoms with Crippen molar-refractivity contribution in [3.8, 4) is 0 Å². The molecule has 0 aromatic carbocycles. The van der Waals surface area contributed by atoms with E-state index in [9.17, 15) is 0 Å². The molecule has 4 heteroatoms. The Morgan fingerprint density at radius 1 is 1.06 bits per heavy atom. The predicted molar refractivity (Wildman–Crippen MR) is 93.7 cm³/mol. The van der Waals surface area contributed by atoms with E-state index in [2.05, 4.69) is 76.4 Å². The van der Waals surface area contributed by atoms with Crippen LogP contribution in [0.25, 0.3) is 0 Å². The Labute approximate surface area is 128 Å². The van der Waals surface area contributed by atoms with Gasteiger partial charge in [0, 0.05) is 0 Å². The van der Waals surface area contributed by atoms with Gasteiger partial charge in [0.1, 0.15) is 0 Å². The van der Waals surface area contributed by atoms with E-state index in [0.29, 0.717) is 2.76 Å². The summed E-state index contributed by atoms with van der Waals surface area (Å²) in [6, 6.07) is 4.92. The van der Waals surface area contributed by atoms with E-state index in [1.807, 2.05) is 0 Å². The van der Waals surface area contributed by atoms with E-state index in [1.54, 1.807) is 7.77 Å². The molecule has 1 atom stereocenters. The van der Waals surface area contributed by atoms with Crippen molar-refractivity contribution in [1.82, 2.24) is 0 Å². The maximum atomic E-state index is 2.59. The molecule has 0 saturated heterocycles. The van der Waals surface area contributed by atoms with E-state index in [-0.39, 0.29) is 0 Å². The number of rotatable bonds is 3. The van der Waals surface area contributed by atoms with Crippen molar-refractivity contribution < 1.29 is 0 Å². The molecular formula is C14H24S2Sn2. The number of allylic oxidation sites excluding steroid dienone is 1. The van der Waals surface area contributed by atoms with Gasteiger partial charge in [-0.15, -0.1) is 0 Å². The molecular weight excluding hydrogens is 470 g/mol. The number of hydrogen-bond acceptors (Lipinski definition) is 2. The van der Waals surface area contributed by atoms with Gasteiger partial charge in [0.15, 0.2) is 0 Å². The Balaban J connectivity index is 2.43. The molecule has 0 bridgehead atoms. The van der Waals surface area contributed by atoms with Crippen LogP contribution in [0.1, 0.15) is 11.3 Å². The van der Waals surface area contributed by atoms with Gasteiger partial charge < -0.3 is 0 Å². The molecule has 2 rings (SSSR count). The summed E-state index contributed by atoms with van der Waals surface area (Å²) in [5.74, 6) is 0. The Morgan fingerprint density at radius 3 is 2.11 bits per heavy atom. The molecule has 0 spiro atoms. The Hall–Kier alpha value is 1.39. The number of thioether (sulfide) groups is 1. The zero-order chi connectivity index (χ0) is 13.6. The van der Waals surface area contributed by atoms with Crippen LogP contribution < -0.4 is 2.89 Å². The summed E-state index contributed by atoms with van der Waals surface area (Å²) >= 11 is 0.383. The van der Waals surface area contributed by atoms with E-state index < -0.39 is 36.8 Å². The van der Waals surface area contributed by atoms with Crippen molar-refractivity contribution in [2.24, 2.45) is 0 Å². The van der Waals surface area contributed by atoms with Crippen molar-refractivity contribution in [3.05, 3.63) is 28.5 Å². The minimum absolute atomic E-state index is 0.481. The molecule has 18 heavy (non-hydrogen) atoms. The van der Waals surface area contributed by atoms with Crippen molar-refractivity contribution in [2.75, 3.05) is 0 Å². The first kappa shape index (κ1) is 15.8. The molecule has 1 aromatic heterocycles. The van der Waals surface area contributed by atoms with Crippen LogP contribution in [-0.4, -0.2) is 36.8 Å². The summed E-state index contributed by atoms with van der Waals surface area (Å²) < 4.78 is 2.22. The molecule has 1 aliphatic rings. The normalized spacial score (nSPS) is 24.8. The second kappa shape index (κ2) is 5.30. The Morgan fingerprint density at radius 2 is 1.72 bits per heavy atom. The fourth-order valence-corrected chi connectivity index (χ4v) is 20.6. The fraction of sp³-hybridized carbons (Fsp3) is 0.571. The molecule has 0 saturated carbocycles. The van der Waals surface area contributed by atoms with Crippen LogP contribution in [0.5, 0.6) is 0 Å². The molecule has 1 aromatic rings. The van der Waals surface area contributed by atoms with E-state index in [0.717, 1.165) is 0 Å². The van der Waals surface area contributed by atoms with Gasteiger partial charge in [-0.1, -0.05) is 0 Å². The van der Waals surface area contributed by atoms with Crippen LogP contribution >= 0.6 is 23.1 Å². The van der Waals surface area contributed by atoms with Crippen molar-refractivity contribution >= 4 is 62.7 Å². The number of hydrogen-bond donors (Lipinski definition) is 0. The summed E-state index contributed by atoms with van der Waals surface area (Å²) in [4.78, 5) is 17.0. The van der Waals surface area contributed by atoms with E-state index in [1.165, 1.54) is 6.42 Å².